The number of carbonyl (C=O) groups excluding carboxylic acids is 1. The molecule has 0 saturated carbocycles. The van der Waals surface area contributed by atoms with Gasteiger partial charge in [-0.2, -0.15) is 0 Å². The summed E-state index contributed by atoms with van der Waals surface area (Å²) in [4.78, 5) is 14.7. The summed E-state index contributed by atoms with van der Waals surface area (Å²) in [6.45, 7) is 1.18. The maximum atomic E-state index is 12.9. The van der Waals surface area contributed by atoms with Gasteiger partial charge in [0, 0.05) is 44.1 Å². The molecule has 2 aromatic carbocycles. The normalized spacial score (nSPS) is 15.4. The van der Waals surface area contributed by atoms with E-state index in [0.717, 1.165) is 6.26 Å². The quantitative estimate of drug-likeness (QED) is 0.769. The summed E-state index contributed by atoms with van der Waals surface area (Å²) >= 11 is 0. The lowest BCUT2D eigenvalue weighted by molar-refractivity contribution is 0.0594. The Balaban J connectivity index is 1.61. The molecule has 8 heteroatoms. The van der Waals surface area contributed by atoms with Gasteiger partial charge in [0.1, 0.15) is 17.6 Å². The van der Waals surface area contributed by atoms with E-state index >= 15 is 0 Å². The van der Waals surface area contributed by atoms with Crippen LogP contribution in [-0.2, 0) is 16.6 Å². The fourth-order valence-electron chi connectivity index (χ4n) is 3.19. The van der Waals surface area contributed by atoms with Gasteiger partial charge in [-0.3, -0.25) is 4.79 Å². The number of benzene rings is 2. The van der Waals surface area contributed by atoms with Crippen LogP contribution < -0.4 is 9.46 Å². The Morgan fingerprint density at radius 3 is 2.57 bits per heavy atom. The molecule has 0 aliphatic carbocycles. The van der Waals surface area contributed by atoms with E-state index in [2.05, 4.69) is 4.72 Å². The highest BCUT2D eigenvalue weighted by Gasteiger charge is 2.26. The standard InChI is InChI=1S/C20H24N2O5S/c1-28(25,26)21-14-15-5-2-3-8-19(15)20(24)22-11-9-17(10-12-22)27-18-7-4-6-16(23)13-18/h2-8,13,17,21,23H,9-12,14H2,1H3. The lowest BCUT2D eigenvalue weighted by Gasteiger charge is -2.32. The van der Waals surface area contributed by atoms with Crippen LogP contribution in [0.1, 0.15) is 28.8 Å². The van der Waals surface area contributed by atoms with Crippen molar-refractivity contribution in [2.75, 3.05) is 19.3 Å². The SMILES string of the molecule is CS(=O)(=O)NCc1ccccc1C(=O)N1CCC(Oc2cccc(O)c2)CC1. The number of amides is 1. The van der Waals surface area contributed by atoms with E-state index in [1.807, 2.05) is 0 Å². The first-order chi connectivity index (χ1) is 13.3. The van der Waals surface area contributed by atoms with Gasteiger partial charge in [-0.1, -0.05) is 24.3 Å². The van der Waals surface area contributed by atoms with Crippen molar-refractivity contribution in [3.63, 3.8) is 0 Å². The third-order valence-electron chi connectivity index (χ3n) is 4.62. The van der Waals surface area contributed by atoms with Gasteiger partial charge in [0.2, 0.25) is 10.0 Å². The van der Waals surface area contributed by atoms with E-state index in [1.54, 1.807) is 53.4 Å². The summed E-state index contributed by atoms with van der Waals surface area (Å²) in [5, 5.41) is 9.53. The lowest BCUT2D eigenvalue weighted by atomic mass is 10.0. The molecule has 0 bridgehead atoms. The second-order valence-corrected chi connectivity index (χ2v) is 8.69. The van der Waals surface area contributed by atoms with Crippen molar-refractivity contribution in [3.05, 3.63) is 59.7 Å². The Morgan fingerprint density at radius 2 is 1.89 bits per heavy atom. The number of nitrogens with one attached hydrogen (secondary N) is 1. The second kappa shape index (κ2) is 8.62. The number of piperidine rings is 1. The zero-order valence-electron chi connectivity index (χ0n) is 15.7. The van der Waals surface area contributed by atoms with Crippen LogP contribution in [0.15, 0.2) is 48.5 Å². The molecule has 1 heterocycles. The van der Waals surface area contributed by atoms with Crippen molar-refractivity contribution in [2.24, 2.45) is 0 Å². The Labute approximate surface area is 165 Å². The predicted molar refractivity (Wildman–Crippen MR) is 106 cm³/mol. The van der Waals surface area contributed by atoms with E-state index in [9.17, 15) is 18.3 Å². The van der Waals surface area contributed by atoms with Crippen molar-refractivity contribution < 1.29 is 23.1 Å². The van der Waals surface area contributed by atoms with Crippen LogP contribution in [0.4, 0.5) is 0 Å². The number of sulfonamides is 1. The number of aromatic hydroxyl groups is 1. The minimum atomic E-state index is -3.34. The molecule has 1 aliphatic heterocycles. The lowest BCUT2D eigenvalue weighted by Crippen LogP contribution is -2.42. The number of nitrogens with zero attached hydrogens (tertiary/aromatic N) is 1. The number of ether oxygens (including phenoxy) is 1. The molecular formula is C20H24N2O5S. The molecule has 28 heavy (non-hydrogen) atoms. The average Bonchev–Trinajstić information content (AvgIpc) is 2.66. The summed E-state index contributed by atoms with van der Waals surface area (Å²) in [6, 6.07) is 13.7. The van der Waals surface area contributed by atoms with Crippen molar-refractivity contribution in [2.45, 2.75) is 25.5 Å². The molecule has 2 aromatic rings. The third kappa shape index (κ3) is 5.46. The molecule has 0 unspecified atom stereocenters. The fraction of sp³-hybridized carbons (Fsp3) is 0.350. The molecule has 1 aliphatic rings. The van der Waals surface area contributed by atoms with E-state index in [1.165, 1.54) is 0 Å². The topological polar surface area (TPSA) is 95.9 Å². The highest BCUT2D eigenvalue weighted by atomic mass is 32.2. The van der Waals surface area contributed by atoms with Crippen molar-refractivity contribution >= 4 is 15.9 Å². The molecule has 0 aromatic heterocycles. The number of rotatable bonds is 6. The van der Waals surface area contributed by atoms with Crippen molar-refractivity contribution in [1.82, 2.24) is 9.62 Å². The fourth-order valence-corrected chi connectivity index (χ4v) is 3.61. The van der Waals surface area contributed by atoms with Crippen LogP contribution in [0, 0.1) is 0 Å². The van der Waals surface area contributed by atoms with E-state index in [4.69, 9.17) is 4.74 Å². The van der Waals surface area contributed by atoms with Crippen LogP contribution >= 0.6 is 0 Å². The van der Waals surface area contributed by atoms with Gasteiger partial charge >= 0.3 is 0 Å². The summed E-state index contributed by atoms with van der Waals surface area (Å²) in [7, 11) is -3.34. The van der Waals surface area contributed by atoms with Crippen LogP contribution in [0.2, 0.25) is 0 Å². The summed E-state index contributed by atoms with van der Waals surface area (Å²) in [5.41, 5.74) is 1.15. The first-order valence-corrected chi connectivity index (χ1v) is 11.0. The van der Waals surface area contributed by atoms with Crippen LogP contribution in [-0.4, -0.2) is 49.8 Å². The van der Waals surface area contributed by atoms with Gasteiger partial charge < -0.3 is 14.7 Å². The van der Waals surface area contributed by atoms with Crippen LogP contribution in [0.3, 0.4) is 0 Å². The highest BCUT2D eigenvalue weighted by Crippen LogP contribution is 2.23. The van der Waals surface area contributed by atoms with Crippen LogP contribution in [0.5, 0.6) is 11.5 Å². The minimum Gasteiger partial charge on any atom is -0.508 e. The Kier molecular flexibility index (Phi) is 6.21. The molecule has 3 rings (SSSR count). The van der Waals surface area contributed by atoms with Gasteiger partial charge in [0.05, 0.1) is 6.26 Å². The Bertz CT molecular complexity index is 937. The number of hydrogen-bond acceptors (Lipinski definition) is 5. The molecule has 1 fully saturated rings. The molecule has 7 nitrogen and oxygen atoms in total. The number of hydrogen-bond donors (Lipinski definition) is 2. The Hall–Kier alpha value is -2.58. The molecule has 0 radical (unpaired) electrons. The zero-order chi connectivity index (χ0) is 20.1. The Morgan fingerprint density at radius 1 is 1.18 bits per heavy atom. The average molecular weight is 404 g/mol. The van der Waals surface area contributed by atoms with Gasteiger partial charge in [-0.15, -0.1) is 0 Å². The number of carbonyl (C=O) groups is 1. The zero-order valence-corrected chi connectivity index (χ0v) is 16.5. The minimum absolute atomic E-state index is 0.0204. The monoisotopic (exact) mass is 404 g/mol. The molecule has 0 atom stereocenters. The van der Waals surface area contributed by atoms with Crippen molar-refractivity contribution in [3.8, 4) is 11.5 Å². The van der Waals surface area contributed by atoms with Gasteiger partial charge in [0.25, 0.3) is 5.91 Å². The van der Waals surface area contributed by atoms with Gasteiger partial charge in [-0.05, 0) is 23.8 Å². The maximum Gasteiger partial charge on any atom is 0.254 e. The maximum absolute atomic E-state index is 12.9. The summed E-state index contributed by atoms with van der Waals surface area (Å²) in [6.07, 6.45) is 2.44. The molecule has 1 saturated heterocycles. The molecule has 1 amide bonds. The second-order valence-electron chi connectivity index (χ2n) is 6.86. The summed E-state index contributed by atoms with van der Waals surface area (Å²) < 4.78 is 31.0. The molecule has 2 N–H and O–H groups in total. The van der Waals surface area contributed by atoms with Crippen LogP contribution in [0.25, 0.3) is 0 Å². The van der Waals surface area contributed by atoms with E-state index in [0.29, 0.717) is 42.8 Å². The molecule has 150 valence electrons. The van der Waals surface area contributed by atoms with E-state index in [-0.39, 0.29) is 24.3 Å². The highest BCUT2D eigenvalue weighted by molar-refractivity contribution is 7.88. The number of phenolic OH excluding ortho intramolecular Hbond substituents is 1. The number of phenols is 1. The molecular weight excluding hydrogens is 380 g/mol. The predicted octanol–water partition coefficient (Wildman–Crippen LogP) is 2.12. The molecule has 0 spiro atoms. The first-order valence-electron chi connectivity index (χ1n) is 9.09. The van der Waals surface area contributed by atoms with Crippen molar-refractivity contribution in [1.29, 1.82) is 0 Å². The smallest absolute Gasteiger partial charge is 0.254 e. The van der Waals surface area contributed by atoms with Gasteiger partial charge in [0.15, 0.2) is 0 Å². The van der Waals surface area contributed by atoms with Gasteiger partial charge in [-0.25, -0.2) is 13.1 Å². The first kappa shape index (κ1) is 20.2. The third-order valence-corrected chi connectivity index (χ3v) is 5.29. The summed E-state index contributed by atoms with van der Waals surface area (Å²) in [5.74, 6) is 0.660. The number of likely N-dealkylation sites (tertiary alicyclic amines) is 1. The van der Waals surface area contributed by atoms with E-state index < -0.39 is 10.0 Å². The largest absolute Gasteiger partial charge is 0.508 e.